The number of allylic oxidation sites excluding steroid dienone is 1. The Hall–Kier alpha value is -1.37. The summed E-state index contributed by atoms with van der Waals surface area (Å²) in [7, 11) is 0. The molecule has 2 unspecified atom stereocenters. The number of epoxide rings is 1. The third-order valence-corrected chi connectivity index (χ3v) is 8.24. The van der Waals surface area contributed by atoms with Crippen molar-refractivity contribution in [3.63, 3.8) is 0 Å². The van der Waals surface area contributed by atoms with Crippen LogP contribution in [0.4, 0.5) is 0 Å². The van der Waals surface area contributed by atoms with Gasteiger partial charge in [-0.1, -0.05) is 40.3 Å². The standard InChI is InChI=1S/C21H32O5.C2H4O.CH4/c1-12(2)14-8-17-21(26-17)19(4)7-6-13(3)15(9-24-11-22)16(19)10-25-20(21,5)18(14)23;1-2-3;/h11-12,14,16-18,23H,6-10H2,1-5H3;2-3H,1H2;1H4/t14?,16?,17-,18+,19-,20+,21+;;/m0../s1. The van der Waals surface area contributed by atoms with Crippen molar-refractivity contribution in [1.82, 2.24) is 0 Å². The molecule has 0 aromatic heterocycles. The Morgan fingerprint density at radius 3 is 2.57 bits per heavy atom. The molecule has 3 fully saturated rings. The molecule has 2 saturated heterocycles. The lowest BCUT2D eigenvalue weighted by Gasteiger charge is -2.61. The van der Waals surface area contributed by atoms with Crippen LogP contribution in [0.1, 0.15) is 61.3 Å². The number of aliphatic hydroxyl groups excluding tert-OH is 2. The molecule has 4 aliphatic rings. The van der Waals surface area contributed by atoms with Gasteiger partial charge in [-0.15, -0.1) is 0 Å². The molecule has 1 spiro atoms. The summed E-state index contributed by atoms with van der Waals surface area (Å²) in [6.07, 6.45) is 3.25. The first kappa shape index (κ1) is 24.9. The van der Waals surface area contributed by atoms with Gasteiger partial charge in [0, 0.05) is 11.3 Å². The Bertz CT molecular complexity index is 687. The minimum absolute atomic E-state index is 0. The lowest BCUT2D eigenvalue weighted by atomic mass is 9.49. The topological polar surface area (TPSA) is 88.5 Å². The predicted octanol–water partition coefficient (Wildman–Crippen LogP) is 4.18. The van der Waals surface area contributed by atoms with Gasteiger partial charge in [0.25, 0.3) is 6.47 Å². The number of rotatable bonds is 4. The van der Waals surface area contributed by atoms with Crippen LogP contribution in [0.3, 0.4) is 0 Å². The summed E-state index contributed by atoms with van der Waals surface area (Å²) in [6.45, 7) is 15.1. The third kappa shape index (κ3) is 3.23. The van der Waals surface area contributed by atoms with E-state index in [4.69, 9.17) is 19.3 Å². The second-order valence-corrected chi connectivity index (χ2v) is 9.71. The molecule has 0 bridgehead atoms. The number of ether oxygens (including phenoxy) is 3. The summed E-state index contributed by atoms with van der Waals surface area (Å²) in [5.41, 5.74) is 1.23. The Kier molecular flexibility index (Phi) is 7.17. The lowest BCUT2D eigenvalue weighted by molar-refractivity contribution is -0.256. The van der Waals surface area contributed by atoms with Gasteiger partial charge in [0.1, 0.15) is 17.8 Å². The minimum Gasteiger partial charge on any atom is -0.516 e. The van der Waals surface area contributed by atoms with E-state index in [1.807, 2.05) is 0 Å². The molecule has 30 heavy (non-hydrogen) atoms. The molecule has 2 heterocycles. The van der Waals surface area contributed by atoms with Crippen molar-refractivity contribution >= 4 is 6.47 Å². The van der Waals surface area contributed by atoms with Gasteiger partial charge in [0.15, 0.2) is 0 Å². The molecule has 2 N–H and O–H groups in total. The fourth-order valence-corrected chi connectivity index (χ4v) is 6.54. The Morgan fingerprint density at radius 1 is 1.37 bits per heavy atom. The minimum atomic E-state index is -0.683. The molecule has 6 nitrogen and oxygen atoms in total. The number of hydrogen-bond donors (Lipinski definition) is 2. The molecule has 4 rings (SSSR count). The summed E-state index contributed by atoms with van der Waals surface area (Å²) < 4.78 is 18.0. The molecule has 0 aromatic carbocycles. The van der Waals surface area contributed by atoms with Crippen molar-refractivity contribution in [3.05, 3.63) is 24.0 Å². The van der Waals surface area contributed by atoms with Gasteiger partial charge in [-0.3, -0.25) is 4.79 Å². The fraction of sp³-hybridized carbons (Fsp3) is 0.792. The van der Waals surface area contributed by atoms with E-state index in [9.17, 15) is 9.90 Å². The SMILES string of the molecule is C.C=CO.CC1=C(COC=O)C2CO[C@]3(C)[C@H](O)C(C(C)C)C[C@@H]4O[C@@]43[C@@]2(C)CC1. The van der Waals surface area contributed by atoms with E-state index in [0.717, 1.165) is 25.5 Å². The molecular weight excluding hydrogens is 384 g/mol. The van der Waals surface area contributed by atoms with Crippen molar-refractivity contribution in [2.24, 2.45) is 23.2 Å². The van der Waals surface area contributed by atoms with E-state index in [1.165, 1.54) is 11.1 Å². The number of carbonyl (C=O) groups excluding carboxylic acids is 1. The van der Waals surface area contributed by atoms with Crippen molar-refractivity contribution < 1.29 is 29.2 Å². The number of carbonyl (C=O) groups is 1. The second kappa shape index (κ2) is 8.64. The molecule has 1 saturated carbocycles. The van der Waals surface area contributed by atoms with Crippen LogP contribution < -0.4 is 0 Å². The monoisotopic (exact) mass is 424 g/mol. The predicted molar refractivity (Wildman–Crippen MR) is 116 cm³/mol. The molecule has 172 valence electrons. The van der Waals surface area contributed by atoms with Crippen LogP contribution in [0, 0.1) is 23.2 Å². The zero-order valence-corrected chi connectivity index (χ0v) is 18.3. The maximum absolute atomic E-state index is 11.3. The van der Waals surface area contributed by atoms with Gasteiger partial charge in [0.2, 0.25) is 0 Å². The fourth-order valence-electron chi connectivity index (χ4n) is 6.54. The van der Waals surface area contributed by atoms with Crippen LogP contribution in [0.25, 0.3) is 0 Å². The van der Waals surface area contributed by atoms with Crippen molar-refractivity contribution in [3.8, 4) is 0 Å². The zero-order chi connectivity index (χ0) is 21.6. The first-order chi connectivity index (χ1) is 13.6. The van der Waals surface area contributed by atoms with Crippen LogP contribution in [0.2, 0.25) is 0 Å². The van der Waals surface area contributed by atoms with E-state index in [2.05, 4.69) is 41.2 Å². The third-order valence-electron chi connectivity index (χ3n) is 8.24. The molecular formula is C24H40O6. The molecule has 7 atom stereocenters. The highest BCUT2D eigenvalue weighted by Crippen LogP contribution is 2.72. The van der Waals surface area contributed by atoms with E-state index in [-0.39, 0.29) is 30.8 Å². The first-order valence-electron chi connectivity index (χ1n) is 10.6. The number of hydrogen-bond acceptors (Lipinski definition) is 6. The summed E-state index contributed by atoms with van der Waals surface area (Å²) in [5.74, 6) is 0.750. The van der Waals surface area contributed by atoms with E-state index < -0.39 is 17.3 Å². The van der Waals surface area contributed by atoms with Gasteiger partial charge in [-0.05, 0) is 50.5 Å². The molecule has 0 amide bonds. The quantitative estimate of drug-likeness (QED) is 0.305. The van der Waals surface area contributed by atoms with E-state index in [0.29, 0.717) is 25.6 Å². The van der Waals surface area contributed by atoms with Gasteiger partial charge >= 0.3 is 0 Å². The highest BCUT2D eigenvalue weighted by Gasteiger charge is 2.83. The van der Waals surface area contributed by atoms with Crippen molar-refractivity contribution in [2.75, 3.05) is 13.2 Å². The Morgan fingerprint density at radius 2 is 2.00 bits per heavy atom. The number of aliphatic hydroxyl groups is 2. The van der Waals surface area contributed by atoms with Gasteiger partial charge < -0.3 is 24.4 Å². The van der Waals surface area contributed by atoms with Crippen molar-refractivity contribution in [1.29, 1.82) is 0 Å². The summed E-state index contributed by atoms with van der Waals surface area (Å²) in [4.78, 5) is 10.8. The number of fused-ring (bicyclic) bond motifs is 1. The Balaban J connectivity index is 0.000000757. The molecule has 2 aliphatic heterocycles. The lowest BCUT2D eigenvalue weighted by Crippen LogP contribution is -2.72. The van der Waals surface area contributed by atoms with Crippen LogP contribution in [-0.2, 0) is 19.0 Å². The maximum atomic E-state index is 11.3. The average molecular weight is 425 g/mol. The average Bonchev–Trinajstić information content (AvgIpc) is 3.41. The first-order valence-corrected chi connectivity index (χ1v) is 10.6. The van der Waals surface area contributed by atoms with Gasteiger partial charge in [-0.25, -0.2) is 0 Å². The molecule has 2 aliphatic carbocycles. The maximum Gasteiger partial charge on any atom is 0.293 e. The summed E-state index contributed by atoms with van der Waals surface area (Å²) in [5, 5.41) is 18.6. The highest BCUT2D eigenvalue weighted by molar-refractivity contribution is 5.40. The Labute approximate surface area is 181 Å². The largest absolute Gasteiger partial charge is 0.516 e. The normalized spacial score (nSPS) is 43.7. The van der Waals surface area contributed by atoms with Crippen LogP contribution in [-0.4, -0.2) is 53.3 Å². The smallest absolute Gasteiger partial charge is 0.293 e. The molecule has 0 aromatic rings. The van der Waals surface area contributed by atoms with Gasteiger partial charge in [-0.2, -0.15) is 0 Å². The highest BCUT2D eigenvalue weighted by atomic mass is 16.7. The molecule has 0 radical (unpaired) electrons. The van der Waals surface area contributed by atoms with Crippen LogP contribution >= 0.6 is 0 Å². The summed E-state index contributed by atoms with van der Waals surface area (Å²) >= 11 is 0. The van der Waals surface area contributed by atoms with Crippen LogP contribution in [0.15, 0.2) is 24.0 Å². The van der Waals surface area contributed by atoms with E-state index >= 15 is 0 Å². The second-order valence-electron chi connectivity index (χ2n) is 9.71. The zero-order valence-electron chi connectivity index (χ0n) is 18.3. The van der Waals surface area contributed by atoms with E-state index in [1.54, 1.807) is 0 Å². The van der Waals surface area contributed by atoms with Gasteiger partial charge in [0.05, 0.1) is 25.1 Å². The van der Waals surface area contributed by atoms with Crippen molar-refractivity contribution in [2.45, 2.75) is 84.7 Å². The van der Waals surface area contributed by atoms with Crippen LogP contribution in [0.5, 0.6) is 0 Å². The molecule has 6 heteroatoms. The summed E-state index contributed by atoms with van der Waals surface area (Å²) in [6, 6.07) is 0.